The van der Waals surface area contributed by atoms with Crippen LogP contribution >= 0.6 is 31.9 Å². The molecule has 0 aromatic carbocycles. The second-order valence-electron chi connectivity index (χ2n) is 3.41. The lowest BCUT2D eigenvalue weighted by atomic mass is 9.88. The van der Waals surface area contributed by atoms with Crippen molar-refractivity contribution in [2.24, 2.45) is 5.73 Å². The van der Waals surface area contributed by atoms with E-state index in [-0.39, 0.29) is 10.9 Å². The zero-order valence-corrected chi connectivity index (χ0v) is 11.6. The van der Waals surface area contributed by atoms with Gasteiger partial charge in [0, 0.05) is 0 Å². The number of rotatable bonds is 3. The van der Waals surface area contributed by atoms with Crippen LogP contribution in [-0.2, 0) is 9.53 Å². The third kappa shape index (κ3) is 2.48. The van der Waals surface area contributed by atoms with E-state index >= 15 is 0 Å². The summed E-state index contributed by atoms with van der Waals surface area (Å²) in [6.07, 6.45) is -0.377. The summed E-state index contributed by atoms with van der Waals surface area (Å²) >= 11 is 6.28. The summed E-state index contributed by atoms with van der Waals surface area (Å²) in [6, 6.07) is 0. The van der Waals surface area contributed by atoms with Crippen molar-refractivity contribution < 1.29 is 19.7 Å². The number of nitrogens with two attached hydrogens (primary N) is 1. The quantitative estimate of drug-likeness (QED) is 0.686. The minimum Gasteiger partial charge on any atom is -0.495 e. The number of aliphatic hydroxyl groups is 2. The Morgan fingerprint density at radius 3 is 2.69 bits per heavy atom. The number of allylic oxidation sites excluding steroid dienone is 1. The second kappa shape index (κ2) is 4.87. The van der Waals surface area contributed by atoms with Gasteiger partial charge in [-0.2, -0.15) is 0 Å². The highest BCUT2D eigenvalue weighted by atomic mass is 79.9. The second-order valence-corrected chi connectivity index (χ2v) is 5.12. The average molecular weight is 357 g/mol. The van der Waals surface area contributed by atoms with Crippen molar-refractivity contribution in [2.75, 3.05) is 7.11 Å². The largest absolute Gasteiger partial charge is 0.495 e. The van der Waals surface area contributed by atoms with E-state index in [4.69, 9.17) is 10.5 Å². The molecule has 0 aromatic rings. The predicted octanol–water partition coefficient (Wildman–Crippen LogP) is 0.499. The summed E-state index contributed by atoms with van der Waals surface area (Å²) in [7, 11) is 1.43. The first-order chi connectivity index (χ1) is 7.31. The van der Waals surface area contributed by atoms with Crippen molar-refractivity contribution in [3.8, 4) is 0 Å². The fourth-order valence-electron chi connectivity index (χ4n) is 1.44. The van der Waals surface area contributed by atoms with Crippen molar-refractivity contribution in [3.05, 3.63) is 20.8 Å². The monoisotopic (exact) mass is 355 g/mol. The number of carbonyl (C=O) groups is 1. The van der Waals surface area contributed by atoms with Gasteiger partial charge in [0.05, 0.1) is 22.5 Å². The Morgan fingerprint density at radius 1 is 1.69 bits per heavy atom. The average Bonchev–Trinajstić information content (AvgIpc) is 2.14. The van der Waals surface area contributed by atoms with E-state index in [9.17, 15) is 15.0 Å². The highest BCUT2D eigenvalue weighted by Gasteiger charge is 2.42. The number of ether oxygens (including phenoxy) is 1. The predicted molar refractivity (Wildman–Crippen MR) is 64.7 cm³/mol. The maximum Gasteiger partial charge on any atom is 0.220 e. The van der Waals surface area contributed by atoms with Crippen LogP contribution in [0.1, 0.15) is 6.42 Å². The number of primary amides is 1. The van der Waals surface area contributed by atoms with Crippen LogP contribution in [0.3, 0.4) is 0 Å². The number of hydrogen-bond donors (Lipinski definition) is 3. The van der Waals surface area contributed by atoms with Gasteiger partial charge in [0.25, 0.3) is 0 Å². The highest BCUT2D eigenvalue weighted by Crippen LogP contribution is 2.39. The first-order valence-corrected chi connectivity index (χ1v) is 5.91. The Kier molecular flexibility index (Phi) is 4.17. The van der Waals surface area contributed by atoms with E-state index in [1.54, 1.807) is 0 Å². The topological polar surface area (TPSA) is 92.8 Å². The molecule has 2 atom stereocenters. The molecule has 90 valence electrons. The SMILES string of the molecule is COC1=C(Br)C(O)C(O)(CC(N)=O)C=C1Br. The molecule has 7 heteroatoms. The zero-order valence-electron chi connectivity index (χ0n) is 8.41. The van der Waals surface area contributed by atoms with Crippen molar-refractivity contribution in [1.82, 2.24) is 0 Å². The molecule has 0 aromatic heterocycles. The number of hydrogen-bond acceptors (Lipinski definition) is 4. The van der Waals surface area contributed by atoms with Gasteiger partial charge in [0.1, 0.15) is 17.5 Å². The summed E-state index contributed by atoms with van der Waals surface area (Å²) < 4.78 is 5.71. The Bertz CT molecular complexity index is 380. The third-order valence-electron chi connectivity index (χ3n) is 2.19. The van der Waals surface area contributed by atoms with Crippen molar-refractivity contribution >= 4 is 37.8 Å². The Hall–Kier alpha value is -0.370. The van der Waals surface area contributed by atoms with E-state index in [1.165, 1.54) is 13.2 Å². The van der Waals surface area contributed by atoms with Gasteiger partial charge in [-0.25, -0.2) is 0 Å². The molecule has 0 radical (unpaired) electrons. The molecule has 0 heterocycles. The minimum atomic E-state index is -1.73. The Labute approximate surface area is 109 Å². The fraction of sp³-hybridized carbons (Fsp3) is 0.444. The van der Waals surface area contributed by atoms with Gasteiger partial charge in [-0.1, -0.05) is 0 Å². The van der Waals surface area contributed by atoms with Gasteiger partial charge in [-0.3, -0.25) is 4.79 Å². The Morgan fingerprint density at radius 2 is 2.25 bits per heavy atom. The molecule has 0 bridgehead atoms. The van der Waals surface area contributed by atoms with E-state index < -0.39 is 17.6 Å². The van der Waals surface area contributed by atoms with Crippen molar-refractivity contribution in [1.29, 1.82) is 0 Å². The molecule has 1 rings (SSSR count). The van der Waals surface area contributed by atoms with Gasteiger partial charge in [0.15, 0.2) is 0 Å². The molecule has 16 heavy (non-hydrogen) atoms. The molecule has 0 fully saturated rings. The number of aliphatic hydroxyl groups excluding tert-OH is 1. The van der Waals surface area contributed by atoms with Crippen LogP contribution in [0.2, 0.25) is 0 Å². The minimum absolute atomic E-state index is 0.258. The van der Waals surface area contributed by atoms with Gasteiger partial charge >= 0.3 is 0 Å². The lowest BCUT2D eigenvalue weighted by Gasteiger charge is -2.33. The lowest BCUT2D eigenvalue weighted by molar-refractivity contribution is -0.124. The summed E-state index contributed by atoms with van der Waals surface area (Å²) in [5.74, 6) is -0.346. The smallest absolute Gasteiger partial charge is 0.220 e. The molecule has 1 aliphatic rings. The molecule has 1 aliphatic carbocycles. The van der Waals surface area contributed by atoms with Crippen LogP contribution in [0.15, 0.2) is 20.8 Å². The van der Waals surface area contributed by atoms with Gasteiger partial charge < -0.3 is 20.7 Å². The van der Waals surface area contributed by atoms with E-state index in [1.807, 2.05) is 0 Å². The van der Waals surface area contributed by atoms with E-state index in [0.717, 1.165) is 0 Å². The van der Waals surface area contributed by atoms with Gasteiger partial charge in [-0.05, 0) is 37.9 Å². The third-order valence-corrected chi connectivity index (χ3v) is 3.57. The highest BCUT2D eigenvalue weighted by molar-refractivity contribution is 9.12. The van der Waals surface area contributed by atoms with Crippen molar-refractivity contribution in [2.45, 2.75) is 18.1 Å². The van der Waals surface area contributed by atoms with Crippen molar-refractivity contribution in [3.63, 3.8) is 0 Å². The number of halogens is 2. The molecule has 5 nitrogen and oxygen atoms in total. The molecule has 0 aliphatic heterocycles. The maximum absolute atomic E-state index is 10.8. The van der Waals surface area contributed by atoms with Crippen LogP contribution in [0.25, 0.3) is 0 Å². The van der Waals surface area contributed by atoms with Crippen LogP contribution in [0.5, 0.6) is 0 Å². The fourth-order valence-corrected chi connectivity index (χ4v) is 3.25. The molecule has 0 saturated carbocycles. The molecule has 4 N–H and O–H groups in total. The van der Waals surface area contributed by atoms with Crippen LogP contribution in [0.4, 0.5) is 0 Å². The zero-order chi connectivity index (χ0) is 12.5. The summed E-state index contributed by atoms with van der Waals surface area (Å²) in [4.78, 5) is 10.8. The van der Waals surface area contributed by atoms with Crippen LogP contribution in [0, 0.1) is 0 Å². The normalized spacial score (nSPS) is 30.1. The van der Waals surface area contributed by atoms with Crippen LogP contribution in [-0.4, -0.2) is 34.9 Å². The molecule has 1 amide bonds. The van der Waals surface area contributed by atoms with Gasteiger partial charge in [-0.15, -0.1) is 0 Å². The Balaban J connectivity index is 3.13. The summed E-state index contributed by atoms with van der Waals surface area (Å²) in [5, 5.41) is 19.9. The molecule has 0 spiro atoms. The van der Waals surface area contributed by atoms with Gasteiger partial charge in [0.2, 0.25) is 5.91 Å². The van der Waals surface area contributed by atoms with E-state index in [2.05, 4.69) is 31.9 Å². The number of methoxy groups -OCH3 is 1. The lowest BCUT2D eigenvalue weighted by Crippen LogP contribution is -2.46. The standard InChI is InChI=1S/C9H11Br2NO4/c1-16-7-4(10)2-9(15,3-5(12)13)8(14)6(7)11/h2,8,14-15H,3H2,1H3,(H2,12,13). The molecular weight excluding hydrogens is 346 g/mol. The molecular formula is C9H11Br2NO4. The summed E-state index contributed by atoms with van der Waals surface area (Å²) in [6.45, 7) is 0. The first kappa shape index (κ1) is 13.7. The summed E-state index contributed by atoms with van der Waals surface area (Å²) in [5.41, 5.74) is 3.28. The number of carbonyl (C=O) groups excluding carboxylic acids is 1. The van der Waals surface area contributed by atoms with Crippen LogP contribution < -0.4 is 5.73 Å². The number of amides is 1. The molecule has 2 unspecified atom stereocenters. The first-order valence-electron chi connectivity index (χ1n) is 4.33. The van der Waals surface area contributed by atoms with E-state index in [0.29, 0.717) is 10.2 Å². The maximum atomic E-state index is 10.8. The molecule has 0 saturated heterocycles.